The quantitative estimate of drug-likeness (QED) is 0.885. The van der Waals surface area contributed by atoms with Gasteiger partial charge in [-0.15, -0.1) is 0 Å². The van der Waals surface area contributed by atoms with E-state index in [0.717, 1.165) is 5.56 Å². The highest BCUT2D eigenvalue weighted by atomic mass is 35.5. The highest BCUT2D eigenvalue weighted by Crippen LogP contribution is 2.22. The molecule has 0 aliphatic carbocycles. The lowest BCUT2D eigenvalue weighted by Gasteiger charge is -2.09. The molecule has 110 valence electrons. The normalized spacial score (nSPS) is 10.4. The second-order valence-electron chi connectivity index (χ2n) is 4.47. The molecular formula is C15H14Cl2N2O2. The summed E-state index contributed by atoms with van der Waals surface area (Å²) in [6.45, 7) is -0.152. The first-order chi connectivity index (χ1) is 10.1. The number of nitrogens with zero attached hydrogens (tertiary/aromatic N) is 1. The zero-order chi connectivity index (χ0) is 15.2. The zero-order valence-electron chi connectivity index (χ0n) is 11.1. The molecule has 0 atom stereocenters. The monoisotopic (exact) mass is 324 g/mol. The standard InChI is InChI=1S/C15H14Cl2N2O2/c16-12-3-1-10(13(17)7-12)2-4-15(21)19-14-8-18-6-5-11(14)9-20/h1,3,5-8,20H,2,4,9H2,(H,19,21). The second-order valence-corrected chi connectivity index (χ2v) is 5.32. The molecule has 0 saturated heterocycles. The van der Waals surface area contributed by atoms with Gasteiger partial charge in [-0.05, 0) is 30.2 Å². The third kappa shape index (κ3) is 4.43. The van der Waals surface area contributed by atoms with Gasteiger partial charge in [0.2, 0.25) is 5.91 Å². The maximum atomic E-state index is 11.9. The van der Waals surface area contributed by atoms with Crippen LogP contribution in [-0.4, -0.2) is 16.0 Å². The Morgan fingerprint density at radius 1 is 1.24 bits per heavy atom. The van der Waals surface area contributed by atoms with Gasteiger partial charge in [0, 0.05) is 28.2 Å². The molecule has 0 fully saturated rings. The summed E-state index contributed by atoms with van der Waals surface area (Å²) in [4.78, 5) is 15.9. The number of pyridine rings is 1. The second kappa shape index (κ2) is 7.41. The van der Waals surface area contributed by atoms with Crippen LogP contribution in [0.3, 0.4) is 0 Å². The molecule has 2 aromatic rings. The summed E-state index contributed by atoms with van der Waals surface area (Å²) in [5, 5.41) is 13.0. The van der Waals surface area contributed by atoms with Crippen molar-refractivity contribution in [3.05, 3.63) is 57.8 Å². The van der Waals surface area contributed by atoms with Crippen molar-refractivity contribution in [2.24, 2.45) is 0 Å². The van der Waals surface area contributed by atoms with E-state index in [1.165, 1.54) is 6.20 Å². The number of halogens is 2. The van der Waals surface area contributed by atoms with E-state index in [2.05, 4.69) is 10.3 Å². The number of nitrogens with one attached hydrogen (secondary N) is 1. The highest BCUT2D eigenvalue weighted by molar-refractivity contribution is 6.35. The van der Waals surface area contributed by atoms with Crippen LogP contribution in [0.5, 0.6) is 0 Å². The topological polar surface area (TPSA) is 62.2 Å². The van der Waals surface area contributed by atoms with Gasteiger partial charge in [0.25, 0.3) is 0 Å². The molecule has 0 saturated carbocycles. The summed E-state index contributed by atoms with van der Waals surface area (Å²) < 4.78 is 0. The molecule has 0 aliphatic rings. The fourth-order valence-electron chi connectivity index (χ4n) is 1.86. The van der Waals surface area contributed by atoms with E-state index in [1.54, 1.807) is 30.5 Å². The molecule has 4 nitrogen and oxygen atoms in total. The van der Waals surface area contributed by atoms with Crippen molar-refractivity contribution >= 4 is 34.8 Å². The number of aliphatic hydroxyl groups excluding tert-OH is 1. The number of hydrogen-bond acceptors (Lipinski definition) is 3. The number of rotatable bonds is 5. The summed E-state index contributed by atoms with van der Waals surface area (Å²) in [5.41, 5.74) is 2.01. The van der Waals surface area contributed by atoms with Gasteiger partial charge in [0.15, 0.2) is 0 Å². The van der Waals surface area contributed by atoms with Gasteiger partial charge < -0.3 is 10.4 Å². The molecule has 1 amide bonds. The first kappa shape index (κ1) is 15.8. The minimum Gasteiger partial charge on any atom is -0.392 e. The van der Waals surface area contributed by atoms with Gasteiger partial charge in [-0.2, -0.15) is 0 Å². The van der Waals surface area contributed by atoms with Crippen molar-refractivity contribution in [1.82, 2.24) is 4.98 Å². The van der Waals surface area contributed by atoms with E-state index in [1.807, 2.05) is 0 Å². The maximum absolute atomic E-state index is 11.9. The Bertz CT molecular complexity index is 647. The molecule has 0 aliphatic heterocycles. The van der Waals surface area contributed by atoms with Crippen molar-refractivity contribution in [1.29, 1.82) is 0 Å². The smallest absolute Gasteiger partial charge is 0.224 e. The Morgan fingerprint density at radius 2 is 2.05 bits per heavy atom. The van der Waals surface area contributed by atoms with E-state index in [9.17, 15) is 9.90 Å². The molecule has 6 heteroatoms. The van der Waals surface area contributed by atoms with Gasteiger partial charge in [0.05, 0.1) is 18.5 Å². The molecule has 2 rings (SSSR count). The van der Waals surface area contributed by atoms with Crippen molar-refractivity contribution in [2.45, 2.75) is 19.4 Å². The van der Waals surface area contributed by atoms with Crippen LogP contribution >= 0.6 is 23.2 Å². The Morgan fingerprint density at radius 3 is 2.76 bits per heavy atom. The molecule has 1 aromatic carbocycles. The van der Waals surface area contributed by atoms with Gasteiger partial charge in [-0.1, -0.05) is 29.3 Å². The van der Waals surface area contributed by atoms with Gasteiger partial charge in [-0.3, -0.25) is 9.78 Å². The summed E-state index contributed by atoms with van der Waals surface area (Å²) in [6.07, 6.45) is 3.87. The Balaban J connectivity index is 1.96. The summed E-state index contributed by atoms with van der Waals surface area (Å²) in [6, 6.07) is 6.86. The highest BCUT2D eigenvalue weighted by Gasteiger charge is 2.08. The van der Waals surface area contributed by atoms with Gasteiger partial charge >= 0.3 is 0 Å². The molecule has 0 bridgehead atoms. The van der Waals surface area contributed by atoms with E-state index in [0.29, 0.717) is 27.7 Å². The molecule has 1 heterocycles. The molecule has 0 radical (unpaired) electrons. The largest absolute Gasteiger partial charge is 0.392 e. The maximum Gasteiger partial charge on any atom is 0.224 e. The average Bonchev–Trinajstić information content (AvgIpc) is 2.47. The fraction of sp³-hybridized carbons (Fsp3) is 0.200. The van der Waals surface area contributed by atoms with Crippen LogP contribution < -0.4 is 5.32 Å². The number of carbonyl (C=O) groups excluding carboxylic acids is 1. The predicted octanol–water partition coefficient (Wildman–Crippen LogP) is 3.45. The fourth-order valence-corrected chi connectivity index (χ4v) is 2.36. The van der Waals surface area contributed by atoms with Crippen LogP contribution in [0.4, 0.5) is 5.69 Å². The zero-order valence-corrected chi connectivity index (χ0v) is 12.7. The molecule has 0 spiro atoms. The molecule has 1 aromatic heterocycles. The Hall–Kier alpha value is -1.62. The van der Waals surface area contributed by atoms with Crippen LogP contribution in [-0.2, 0) is 17.8 Å². The lowest BCUT2D eigenvalue weighted by atomic mass is 10.1. The van der Waals surface area contributed by atoms with E-state index >= 15 is 0 Å². The number of amides is 1. The lowest BCUT2D eigenvalue weighted by molar-refractivity contribution is -0.116. The van der Waals surface area contributed by atoms with Crippen molar-refractivity contribution in [3.63, 3.8) is 0 Å². The number of anilines is 1. The predicted molar refractivity (Wildman–Crippen MR) is 83.6 cm³/mol. The summed E-state index contributed by atoms with van der Waals surface area (Å²) >= 11 is 11.9. The van der Waals surface area contributed by atoms with Crippen molar-refractivity contribution < 1.29 is 9.90 Å². The minimum atomic E-state index is -0.163. The minimum absolute atomic E-state index is 0.152. The van der Waals surface area contributed by atoms with Crippen LogP contribution in [0.25, 0.3) is 0 Å². The van der Waals surface area contributed by atoms with E-state index in [-0.39, 0.29) is 18.9 Å². The summed E-state index contributed by atoms with van der Waals surface area (Å²) in [5.74, 6) is -0.163. The van der Waals surface area contributed by atoms with Crippen LogP contribution in [0.1, 0.15) is 17.5 Å². The van der Waals surface area contributed by atoms with E-state index < -0.39 is 0 Å². The van der Waals surface area contributed by atoms with Crippen LogP contribution in [0, 0.1) is 0 Å². The average molecular weight is 325 g/mol. The van der Waals surface area contributed by atoms with Crippen LogP contribution in [0.15, 0.2) is 36.7 Å². The number of aryl methyl sites for hydroxylation is 1. The van der Waals surface area contributed by atoms with Crippen molar-refractivity contribution in [3.8, 4) is 0 Å². The first-order valence-electron chi connectivity index (χ1n) is 6.37. The lowest BCUT2D eigenvalue weighted by Crippen LogP contribution is -2.14. The number of aromatic nitrogens is 1. The Kier molecular flexibility index (Phi) is 5.56. The third-order valence-corrected chi connectivity index (χ3v) is 3.58. The number of benzene rings is 1. The number of aliphatic hydroxyl groups is 1. The molecule has 0 unspecified atom stereocenters. The molecular weight excluding hydrogens is 311 g/mol. The molecule has 2 N–H and O–H groups in total. The van der Waals surface area contributed by atoms with Crippen LogP contribution in [0.2, 0.25) is 10.0 Å². The number of hydrogen-bond donors (Lipinski definition) is 2. The third-order valence-electron chi connectivity index (χ3n) is 2.99. The van der Waals surface area contributed by atoms with Gasteiger partial charge in [-0.25, -0.2) is 0 Å². The van der Waals surface area contributed by atoms with Crippen molar-refractivity contribution in [2.75, 3.05) is 5.32 Å². The SMILES string of the molecule is O=C(CCc1ccc(Cl)cc1Cl)Nc1cnccc1CO. The first-order valence-corrected chi connectivity index (χ1v) is 7.13. The Labute approximate surface area is 132 Å². The number of carbonyl (C=O) groups is 1. The van der Waals surface area contributed by atoms with Gasteiger partial charge in [0.1, 0.15) is 0 Å². The van der Waals surface area contributed by atoms with E-state index in [4.69, 9.17) is 23.2 Å². The molecule has 21 heavy (non-hydrogen) atoms. The summed E-state index contributed by atoms with van der Waals surface area (Å²) in [7, 11) is 0.